The number of aliphatic hydroxyl groups is 1. The van der Waals surface area contributed by atoms with Crippen LogP contribution in [-0.2, 0) is 16.1 Å². The second kappa shape index (κ2) is 7.37. The lowest BCUT2D eigenvalue weighted by Gasteiger charge is -2.24. The highest BCUT2D eigenvalue weighted by molar-refractivity contribution is 6.46. The smallest absolute Gasteiger partial charge is 0.296 e. The fraction of sp³-hybridized carbons (Fsp3) is 0.0909. The Kier molecular flexibility index (Phi) is 4.75. The number of carbonyl (C=O) groups excluding carboxylic acids is 2. The highest BCUT2D eigenvalue weighted by atomic mass is 35.5. The first-order valence-electron chi connectivity index (χ1n) is 8.68. The average Bonchev–Trinajstić information content (AvgIpc) is 3.31. The number of nitrogens with zero attached hydrogens (tertiary/aromatic N) is 1. The number of carbonyl (C=O) groups is 2. The number of halogens is 1. The number of amides is 1. The number of furan rings is 1. The van der Waals surface area contributed by atoms with Crippen LogP contribution in [0.3, 0.4) is 0 Å². The molecule has 1 unspecified atom stereocenters. The maximum Gasteiger partial charge on any atom is 0.296 e. The Labute approximate surface area is 166 Å². The summed E-state index contributed by atoms with van der Waals surface area (Å²) in [5.74, 6) is -1.09. The van der Waals surface area contributed by atoms with Crippen LogP contribution in [0.2, 0.25) is 5.02 Å². The number of Topliss-reactive ketones (excluding diaryl/α,β-unsaturated/α-hetero) is 1. The number of hydrogen-bond donors (Lipinski definition) is 1. The first-order chi connectivity index (χ1) is 13.6. The van der Waals surface area contributed by atoms with E-state index in [1.807, 2.05) is 30.3 Å². The molecule has 2 heterocycles. The molecule has 1 aliphatic heterocycles. The highest BCUT2D eigenvalue weighted by Crippen LogP contribution is 2.40. The van der Waals surface area contributed by atoms with Gasteiger partial charge in [-0.2, -0.15) is 0 Å². The summed E-state index contributed by atoms with van der Waals surface area (Å²) < 4.78 is 5.36. The molecule has 140 valence electrons. The zero-order valence-corrected chi connectivity index (χ0v) is 15.5. The van der Waals surface area contributed by atoms with E-state index in [1.165, 1.54) is 11.2 Å². The SMILES string of the molecule is O=C1C(=O)N(Cc2ccco2)C(c2ccccc2)/C1=C(\O)c1ccc(Cl)cc1. The lowest BCUT2D eigenvalue weighted by atomic mass is 9.95. The molecule has 2 aromatic carbocycles. The molecule has 6 heteroatoms. The van der Waals surface area contributed by atoms with Crippen molar-refractivity contribution in [1.82, 2.24) is 4.90 Å². The predicted molar refractivity (Wildman–Crippen MR) is 104 cm³/mol. The van der Waals surface area contributed by atoms with Crippen molar-refractivity contribution in [2.24, 2.45) is 0 Å². The van der Waals surface area contributed by atoms with Gasteiger partial charge in [0.05, 0.1) is 24.4 Å². The van der Waals surface area contributed by atoms with Gasteiger partial charge in [0.25, 0.3) is 11.7 Å². The van der Waals surface area contributed by atoms with Gasteiger partial charge in [-0.1, -0.05) is 41.9 Å². The van der Waals surface area contributed by atoms with Gasteiger partial charge < -0.3 is 14.4 Å². The van der Waals surface area contributed by atoms with Gasteiger partial charge in [-0.15, -0.1) is 0 Å². The fourth-order valence-electron chi connectivity index (χ4n) is 3.36. The van der Waals surface area contributed by atoms with Crippen molar-refractivity contribution in [2.75, 3.05) is 0 Å². The van der Waals surface area contributed by atoms with E-state index < -0.39 is 17.7 Å². The summed E-state index contributed by atoms with van der Waals surface area (Å²) in [7, 11) is 0. The van der Waals surface area contributed by atoms with Crippen LogP contribution in [0, 0.1) is 0 Å². The highest BCUT2D eigenvalue weighted by Gasteiger charge is 2.46. The molecule has 0 radical (unpaired) electrons. The van der Waals surface area contributed by atoms with Gasteiger partial charge in [-0.25, -0.2) is 0 Å². The second-order valence-corrected chi connectivity index (χ2v) is 6.86. The van der Waals surface area contributed by atoms with E-state index in [-0.39, 0.29) is 17.9 Å². The third-order valence-corrected chi connectivity index (χ3v) is 4.93. The molecule has 0 spiro atoms. The van der Waals surface area contributed by atoms with Crippen LogP contribution in [0.15, 0.2) is 83.0 Å². The summed E-state index contributed by atoms with van der Waals surface area (Å²) in [6.07, 6.45) is 1.51. The molecule has 1 amide bonds. The van der Waals surface area contributed by atoms with Crippen LogP contribution in [-0.4, -0.2) is 21.7 Å². The Hall–Kier alpha value is -3.31. The number of ketones is 1. The van der Waals surface area contributed by atoms with Gasteiger partial charge >= 0.3 is 0 Å². The molecule has 1 N–H and O–H groups in total. The van der Waals surface area contributed by atoms with E-state index in [9.17, 15) is 14.7 Å². The van der Waals surface area contributed by atoms with E-state index in [0.717, 1.165) is 5.56 Å². The standard InChI is InChI=1S/C22H16ClNO4/c23-16-10-8-15(9-11-16)20(25)18-19(14-5-2-1-3-6-14)24(22(27)21(18)26)13-17-7-4-12-28-17/h1-12,19,25H,13H2/b20-18+. The quantitative estimate of drug-likeness (QED) is 0.401. The predicted octanol–water partition coefficient (Wildman–Crippen LogP) is 4.55. The first-order valence-corrected chi connectivity index (χ1v) is 9.05. The van der Waals surface area contributed by atoms with Gasteiger partial charge in [0.1, 0.15) is 11.5 Å². The van der Waals surface area contributed by atoms with E-state index in [2.05, 4.69) is 0 Å². The third-order valence-electron chi connectivity index (χ3n) is 4.68. The Morgan fingerprint density at radius 3 is 2.36 bits per heavy atom. The second-order valence-electron chi connectivity index (χ2n) is 6.42. The van der Waals surface area contributed by atoms with Crippen LogP contribution in [0.25, 0.3) is 5.76 Å². The Bertz CT molecular complexity index is 1040. The summed E-state index contributed by atoms with van der Waals surface area (Å²) in [4.78, 5) is 27.0. The number of aliphatic hydroxyl groups excluding tert-OH is 1. The summed E-state index contributed by atoms with van der Waals surface area (Å²) >= 11 is 5.92. The Morgan fingerprint density at radius 1 is 1.00 bits per heavy atom. The van der Waals surface area contributed by atoms with E-state index >= 15 is 0 Å². The molecule has 4 rings (SSSR count). The summed E-state index contributed by atoms with van der Waals surface area (Å²) in [5.41, 5.74) is 1.19. The number of hydrogen-bond acceptors (Lipinski definition) is 4. The van der Waals surface area contributed by atoms with Crippen molar-refractivity contribution in [3.63, 3.8) is 0 Å². The van der Waals surface area contributed by atoms with Crippen molar-refractivity contribution < 1.29 is 19.1 Å². The van der Waals surface area contributed by atoms with Gasteiger partial charge in [-0.05, 0) is 42.0 Å². The molecule has 1 fully saturated rings. The van der Waals surface area contributed by atoms with Crippen molar-refractivity contribution in [3.8, 4) is 0 Å². The molecule has 0 aliphatic carbocycles. The van der Waals surface area contributed by atoms with Crippen molar-refractivity contribution in [2.45, 2.75) is 12.6 Å². The minimum atomic E-state index is -0.729. The molecule has 3 aromatic rings. The number of likely N-dealkylation sites (tertiary alicyclic amines) is 1. The average molecular weight is 394 g/mol. The minimum Gasteiger partial charge on any atom is -0.507 e. The van der Waals surface area contributed by atoms with Crippen molar-refractivity contribution >= 4 is 29.1 Å². The Balaban J connectivity index is 1.85. The van der Waals surface area contributed by atoms with E-state index in [4.69, 9.17) is 16.0 Å². The summed E-state index contributed by atoms with van der Waals surface area (Å²) in [6, 6.07) is 18.3. The van der Waals surface area contributed by atoms with Gasteiger partial charge in [0.2, 0.25) is 0 Å². The van der Waals surface area contributed by atoms with E-state index in [1.54, 1.807) is 36.4 Å². The van der Waals surface area contributed by atoms with Crippen molar-refractivity contribution in [1.29, 1.82) is 0 Å². The fourth-order valence-corrected chi connectivity index (χ4v) is 3.48. The molecular weight excluding hydrogens is 378 g/mol. The summed E-state index contributed by atoms with van der Waals surface area (Å²) in [6.45, 7) is 0.120. The normalized spacial score (nSPS) is 18.6. The molecule has 1 atom stereocenters. The molecule has 1 aromatic heterocycles. The number of benzene rings is 2. The first kappa shape index (κ1) is 18.1. The zero-order valence-electron chi connectivity index (χ0n) is 14.7. The third kappa shape index (κ3) is 3.21. The topological polar surface area (TPSA) is 70.8 Å². The van der Waals surface area contributed by atoms with Crippen LogP contribution >= 0.6 is 11.6 Å². The van der Waals surface area contributed by atoms with Gasteiger partial charge in [0.15, 0.2) is 0 Å². The lowest BCUT2D eigenvalue weighted by molar-refractivity contribution is -0.140. The van der Waals surface area contributed by atoms with Crippen molar-refractivity contribution in [3.05, 3.63) is 100 Å². The van der Waals surface area contributed by atoms with Crippen LogP contribution in [0.1, 0.15) is 22.9 Å². The Morgan fingerprint density at radius 2 is 1.71 bits per heavy atom. The van der Waals surface area contributed by atoms with Crippen LogP contribution in [0.4, 0.5) is 0 Å². The molecule has 1 saturated heterocycles. The zero-order chi connectivity index (χ0) is 19.7. The van der Waals surface area contributed by atoms with Gasteiger partial charge in [0, 0.05) is 10.6 Å². The maximum absolute atomic E-state index is 12.8. The van der Waals surface area contributed by atoms with Gasteiger partial charge in [-0.3, -0.25) is 9.59 Å². The molecule has 0 bridgehead atoms. The molecular formula is C22H16ClNO4. The van der Waals surface area contributed by atoms with Crippen LogP contribution < -0.4 is 0 Å². The molecule has 1 aliphatic rings. The lowest BCUT2D eigenvalue weighted by Crippen LogP contribution is -2.29. The van der Waals surface area contributed by atoms with Crippen LogP contribution in [0.5, 0.6) is 0 Å². The van der Waals surface area contributed by atoms with E-state index in [0.29, 0.717) is 16.3 Å². The maximum atomic E-state index is 12.8. The molecule has 28 heavy (non-hydrogen) atoms. The monoisotopic (exact) mass is 393 g/mol. The summed E-state index contributed by atoms with van der Waals surface area (Å²) in [5, 5.41) is 11.4. The molecule has 0 saturated carbocycles. The minimum absolute atomic E-state index is 0.0464. The number of rotatable bonds is 4. The largest absolute Gasteiger partial charge is 0.507 e. The molecule has 5 nitrogen and oxygen atoms in total.